The highest BCUT2D eigenvalue weighted by Gasteiger charge is 2.24. The minimum atomic E-state index is -0.382. The number of anilines is 1. The van der Waals surface area contributed by atoms with Gasteiger partial charge in [-0.15, -0.1) is 0 Å². The van der Waals surface area contributed by atoms with Crippen LogP contribution in [0.4, 0.5) is 14.5 Å². The van der Waals surface area contributed by atoms with E-state index in [1.807, 2.05) is 69.0 Å². The first-order valence-electron chi connectivity index (χ1n) is 12.8. The van der Waals surface area contributed by atoms with E-state index < -0.39 is 0 Å². The standard InChI is InChI=1S/C31H23F2N3O3.2CH2O/c1-34-30(37)28-23-15-22(25(36(2)3)16-27(23)38-29(28)17-7-9-20(32)10-8-17)18-5-4-6-19(13-18)31-35-24-14-21(33)11-12-26(24)39-31;2*1-2/h4-16H,1-3H3,(H,34,37);2*1H2. The molecule has 0 aliphatic rings. The summed E-state index contributed by atoms with van der Waals surface area (Å²) in [6.45, 7) is 4.00. The van der Waals surface area contributed by atoms with Crippen molar-refractivity contribution in [2.75, 3.05) is 26.0 Å². The maximum absolute atomic E-state index is 13.7. The first-order chi connectivity index (χ1) is 20.8. The van der Waals surface area contributed by atoms with Gasteiger partial charge in [-0.1, -0.05) is 12.1 Å². The SMILES string of the molecule is C=O.C=O.CNC(=O)c1c(-c2ccc(F)cc2)oc2cc(N(C)C)c(-c3cccc(-c4nc5cc(F)ccc5o4)c3)cc12. The normalized spacial score (nSPS) is 10.4. The van der Waals surface area contributed by atoms with Crippen LogP contribution in [0.3, 0.4) is 0 Å². The molecule has 0 radical (unpaired) electrons. The third-order valence-corrected chi connectivity index (χ3v) is 6.62. The molecule has 218 valence electrons. The number of carbonyl (C=O) groups excluding carboxylic acids is 3. The van der Waals surface area contributed by atoms with Gasteiger partial charge >= 0.3 is 0 Å². The average molecular weight is 584 g/mol. The van der Waals surface area contributed by atoms with Gasteiger partial charge in [0.25, 0.3) is 5.91 Å². The summed E-state index contributed by atoms with van der Waals surface area (Å²) in [5.74, 6) is -0.342. The Bertz CT molecular complexity index is 1910. The largest absolute Gasteiger partial charge is 0.455 e. The van der Waals surface area contributed by atoms with Crippen molar-refractivity contribution in [2.45, 2.75) is 0 Å². The zero-order chi connectivity index (χ0) is 31.3. The first-order valence-corrected chi connectivity index (χ1v) is 12.8. The summed E-state index contributed by atoms with van der Waals surface area (Å²) in [7, 11) is 5.40. The fourth-order valence-electron chi connectivity index (χ4n) is 4.73. The molecule has 10 heteroatoms. The molecule has 0 atom stereocenters. The van der Waals surface area contributed by atoms with E-state index in [4.69, 9.17) is 18.4 Å². The number of fused-ring (bicyclic) bond motifs is 2. The van der Waals surface area contributed by atoms with Gasteiger partial charge in [-0.25, -0.2) is 13.8 Å². The Morgan fingerprint density at radius 1 is 0.791 bits per heavy atom. The molecule has 0 unspecified atom stereocenters. The summed E-state index contributed by atoms with van der Waals surface area (Å²) in [5.41, 5.74) is 5.71. The van der Waals surface area contributed by atoms with Crippen LogP contribution in [0.5, 0.6) is 0 Å². The van der Waals surface area contributed by atoms with Gasteiger partial charge < -0.3 is 28.6 Å². The second-order valence-electron chi connectivity index (χ2n) is 9.36. The second kappa shape index (κ2) is 12.9. The Labute approximate surface area is 245 Å². The highest BCUT2D eigenvalue weighted by molar-refractivity contribution is 6.13. The van der Waals surface area contributed by atoms with Crippen molar-refractivity contribution in [1.29, 1.82) is 0 Å². The van der Waals surface area contributed by atoms with Crippen molar-refractivity contribution < 1.29 is 32.0 Å². The Kier molecular flexibility index (Phi) is 9.10. The van der Waals surface area contributed by atoms with Crippen LogP contribution in [0.15, 0.2) is 87.7 Å². The minimum Gasteiger partial charge on any atom is -0.455 e. The van der Waals surface area contributed by atoms with E-state index in [-0.39, 0.29) is 17.5 Å². The molecule has 0 spiro atoms. The van der Waals surface area contributed by atoms with Crippen LogP contribution in [-0.4, -0.2) is 45.6 Å². The van der Waals surface area contributed by atoms with Crippen LogP contribution in [0.2, 0.25) is 0 Å². The lowest BCUT2D eigenvalue weighted by Crippen LogP contribution is -2.18. The Balaban J connectivity index is 0.00000102. The van der Waals surface area contributed by atoms with Crippen LogP contribution >= 0.6 is 0 Å². The number of hydrogen-bond acceptors (Lipinski definition) is 7. The van der Waals surface area contributed by atoms with E-state index in [0.29, 0.717) is 44.8 Å². The third kappa shape index (κ3) is 5.89. The number of oxazole rings is 1. The second-order valence-corrected chi connectivity index (χ2v) is 9.36. The van der Waals surface area contributed by atoms with Gasteiger partial charge in [-0.05, 0) is 60.2 Å². The number of benzene rings is 4. The van der Waals surface area contributed by atoms with Crippen LogP contribution in [0.25, 0.3) is 56.0 Å². The van der Waals surface area contributed by atoms with Crippen LogP contribution < -0.4 is 10.2 Å². The molecule has 0 aliphatic heterocycles. The Hall–Kier alpha value is -5.64. The molecule has 1 N–H and O–H groups in total. The predicted octanol–water partition coefficient (Wildman–Crippen LogP) is 6.91. The maximum Gasteiger partial charge on any atom is 0.255 e. The van der Waals surface area contributed by atoms with Gasteiger partial charge in [0.15, 0.2) is 5.58 Å². The lowest BCUT2D eigenvalue weighted by atomic mass is 9.97. The Morgan fingerprint density at radius 3 is 2.14 bits per heavy atom. The van der Waals surface area contributed by atoms with Gasteiger partial charge in [-0.2, -0.15) is 0 Å². The number of amides is 1. The van der Waals surface area contributed by atoms with Crippen molar-refractivity contribution in [3.05, 3.63) is 96.1 Å². The van der Waals surface area contributed by atoms with Gasteiger partial charge in [-0.3, -0.25) is 4.79 Å². The summed E-state index contributed by atoms with van der Waals surface area (Å²) in [6, 6.07) is 21.5. The third-order valence-electron chi connectivity index (χ3n) is 6.62. The average Bonchev–Trinajstić information content (AvgIpc) is 3.63. The number of hydrogen-bond donors (Lipinski definition) is 1. The monoisotopic (exact) mass is 583 g/mol. The number of nitrogens with one attached hydrogen (secondary N) is 1. The van der Waals surface area contributed by atoms with E-state index in [1.165, 1.54) is 24.3 Å². The zero-order valence-corrected chi connectivity index (χ0v) is 23.6. The van der Waals surface area contributed by atoms with Gasteiger partial charge in [0.1, 0.15) is 42.1 Å². The molecule has 43 heavy (non-hydrogen) atoms. The molecule has 0 saturated heterocycles. The Morgan fingerprint density at radius 2 is 1.47 bits per heavy atom. The molecular formula is C33H27F2N3O5. The van der Waals surface area contributed by atoms with Crippen molar-refractivity contribution in [3.63, 3.8) is 0 Å². The lowest BCUT2D eigenvalue weighted by molar-refractivity contribution is -0.0987. The molecule has 2 heterocycles. The lowest BCUT2D eigenvalue weighted by Gasteiger charge is -2.18. The maximum atomic E-state index is 13.7. The molecule has 4 aromatic carbocycles. The van der Waals surface area contributed by atoms with Gasteiger partial charge in [0.05, 0.1) is 5.56 Å². The number of nitrogens with zero attached hydrogens (tertiary/aromatic N) is 2. The van der Waals surface area contributed by atoms with E-state index in [9.17, 15) is 13.6 Å². The quantitative estimate of drug-likeness (QED) is 0.235. The molecule has 0 aliphatic carbocycles. The summed E-state index contributed by atoms with van der Waals surface area (Å²) in [4.78, 5) is 35.5. The predicted molar refractivity (Wildman–Crippen MR) is 162 cm³/mol. The molecule has 6 aromatic rings. The highest BCUT2D eigenvalue weighted by Crippen LogP contribution is 2.41. The van der Waals surface area contributed by atoms with Crippen molar-refractivity contribution >= 4 is 47.2 Å². The van der Waals surface area contributed by atoms with Crippen LogP contribution in [-0.2, 0) is 9.59 Å². The zero-order valence-electron chi connectivity index (χ0n) is 23.6. The molecule has 1 amide bonds. The number of carbonyl (C=O) groups is 3. The number of halogens is 2. The number of furan rings is 1. The molecule has 8 nitrogen and oxygen atoms in total. The summed E-state index contributed by atoms with van der Waals surface area (Å²) < 4.78 is 39.4. The van der Waals surface area contributed by atoms with E-state index >= 15 is 0 Å². The summed E-state index contributed by atoms with van der Waals surface area (Å²) in [5, 5.41) is 3.32. The van der Waals surface area contributed by atoms with Crippen LogP contribution in [0, 0.1) is 11.6 Å². The topological polar surface area (TPSA) is 106 Å². The van der Waals surface area contributed by atoms with E-state index in [2.05, 4.69) is 10.3 Å². The van der Waals surface area contributed by atoms with Crippen molar-refractivity contribution in [2.24, 2.45) is 0 Å². The molecule has 0 fully saturated rings. The molecule has 0 bridgehead atoms. The molecule has 2 aromatic heterocycles. The van der Waals surface area contributed by atoms with Crippen LogP contribution in [0.1, 0.15) is 10.4 Å². The van der Waals surface area contributed by atoms with Crippen molar-refractivity contribution in [3.8, 4) is 33.9 Å². The number of rotatable bonds is 5. The fraction of sp³-hybridized carbons (Fsp3) is 0.0909. The molecular weight excluding hydrogens is 556 g/mol. The molecule has 0 saturated carbocycles. The summed E-state index contributed by atoms with van der Waals surface area (Å²) >= 11 is 0. The van der Waals surface area contributed by atoms with Crippen molar-refractivity contribution in [1.82, 2.24) is 10.3 Å². The fourth-order valence-corrected chi connectivity index (χ4v) is 4.73. The van der Waals surface area contributed by atoms with E-state index in [0.717, 1.165) is 22.4 Å². The highest BCUT2D eigenvalue weighted by atomic mass is 19.1. The van der Waals surface area contributed by atoms with Gasteiger partial charge in [0.2, 0.25) is 5.89 Å². The molecule has 6 rings (SSSR count). The number of aromatic nitrogens is 1. The summed E-state index contributed by atoms with van der Waals surface area (Å²) in [6.07, 6.45) is 0. The first kappa shape index (κ1) is 30.3. The minimum absolute atomic E-state index is 0.316. The van der Waals surface area contributed by atoms with Gasteiger partial charge in [0, 0.05) is 61.0 Å². The smallest absolute Gasteiger partial charge is 0.255 e. The van der Waals surface area contributed by atoms with E-state index in [1.54, 1.807) is 25.2 Å².